The molecule has 0 fully saturated rings. The van der Waals surface area contributed by atoms with Gasteiger partial charge in [0.2, 0.25) is 5.95 Å². The molecule has 15 heavy (non-hydrogen) atoms. The lowest BCUT2D eigenvalue weighted by atomic mass is 10.1. The lowest BCUT2D eigenvalue weighted by Crippen LogP contribution is -2.03. The minimum atomic E-state index is -0.612. The quantitative estimate of drug-likeness (QED) is 0.477. The van der Waals surface area contributed by atoms with Crippen LogP contribution in [0.3, 0.4) is 0 Å². The van der Waals surface area contributed by atoms with Crippen LogP contribution in [-0.2, 0) is 0 Å². The molecule has 0 aromatic carbocycles. The van der Waals surface area contributed by atoms with Crippen molar-refractivity contribution < 1.29 is 9.18 Å². The normalized spacial score (nSPS) is 10.5. The van der Waals surface area contributed by atoms with E-state index >= 15 is 0 Å². The predicted octanol–water partition coefficient (Wildman–Crippen LogP) is 2.35. The largest absolute Gasteiger partial charge is 0.293 e. The average molecular weight is 269 g/mol. The standard InChI is InChI=1S/C10H6BrFN2O/c11-5-8(15)6-3-4-13-7-1-2-9(12)14-10(6)7/h1-4H,5H2. The summed E-state index contributed by atoms with van der Waals surface area (Å²) in [5.74, 6) is -0.750. The molecule has 0 aliphatic heterocycles. The van der Waals surface area contributed by atoms with Gasteiger partial charge in [-0.05, 0) is 18.2 Å². The molecule has 0 aliphatic rings. The average Bonchev–Trinajstić information content (AvgIpc) is 2.27. The van der Waals surface area contributed by atoms with Gasteiger partial charge in [-0.2, -0.15) is 4.39 Å². The molecule has 2 heterocycles. The summed E-state index contributed by atoms with van der Waals surface area (Å²) in [6.07, 6.45) is 1.51. The summed E-state index contributed by atoms with van der Waals surface area (Å²) in [4.78, 5) is 19.2. The molecule has 0 radical (unpaired) electrons. The molecule has 0 bridgehead atoms. The molecular formula is C10H6BrFN2O. The van der Waals surface area contributed by atoms with Crippen LogP contribution >= 0.6 is 15.9 Å². The summed E-state index contributed by atoms with van der Waals surface area (Å²) in [6, 6.07) is 4.26. The lowest BCUT2D eigenvalue weighted by Gasteiger charge is -2.01. The Kier molecular flexibility index (Phi) is 2.73. The van der Waals surface area contributed by atoms with Crippen LogP contribution in [0.4, 0.5) is 4.39 Å². The molecule has 0 atom stereocenters. The molecule has 2 aromatic rings. The van der Waals surface area contributed by atoms with E-state index in [1.165, 1.54) is 18.3 Å². The highest BCUT2D eigenvalue weighted by atomic mass is 79.9. The molecule has 5 heteroatoms. The first-order valence-electron chi connectivity index (χ1n) is 4.23. The molecule has 0 N–H and O–H groups in total. The number of pyridine rings is 2. The number of ketones is 1. The summed E-state index contributed by atoms with van der Waals surface area (Å²) in [7, 11) is 0. The van der Waals surface area contributed by atoms with E-state index in [2.05, 4.69) is 25.9 Å². The van der Waals surface area contributed by atoms with E-state index in [1.807, 2.05) is 0 Å². The Morgan fingerprint density at radius 2 is 2.20 bits per heavy atom. The molecule has 0 amide bonds. The third-order valence-corrected chi connectivity index (χ3v) is 2.48. The number of nitrogens with zero attached hydrogens (tertiary/aromatic N) is 2. The van der Waals surface area contributed by atoms with Gasteiger partial charge in [0.25, 0.3) is 0 Å². The van der Waals surface area contributed by atoms with Crippen molar-refractivity contribution in [2.45, 2.75) is 0 Å². The Hall–Kier alpha value is -1.36. The highest BCUT2D eigenvalue weighted by molar-refractivity contribution is 9.09. The zero-order valence-corrected chi connectivity index (χ0v) is 9.16. The van der Waals surface area contributed by atoms with Crippen molar-refractivity contribution in [3.8, 4) is 0 Å². The number of carbonyl (C=O) groups is 1. The third-order valence-electron chi connectivity index (χ3n) is 1.97. The van der Waals surface area contributed by atoms with E-state index in [0.29, 0.717) is 16.6 Å². The van der Waals surface area contributed by atoms with Gasteiger partial charge in [-0.3, -0.25) is 9.78 Å². The van der Waals surface area contributed by atoms with Crippen molar-refractivity contribution in [3.05, 3.63) is 35.9 Å². The number of hydrogen-bond acceptors (Lipinski definition) is 3. The van der Waals surface area contributed by atoms with Crippen LogP contribution in [0, 0.1) is 5.95 Å². The van der Waals surface area contributed by atoms with Crippen molar-refractivity contribution in [3.63, 3.8) is 0 Å². The number of hydrogen-bond donors (Lipinski definition) is 0. The van der Waals surface area contributed by atoms with Gasteiger partial charge >= 0.3 is 0 Å². The van der Waals surface area contributed by atoms with E-state index < -0.39 is 5.95 Å². The van der Waals surface area contributed by atoms with E-state index in [-0.39, 0.29) is 11.1 Å². The number of carbonyl (C=O) groups excluding carboxylic acids is 1. The zero-order valence-electron chi connectivity index (χ0n) is 7.58. The van der Waals surface area contributed by atoms with Gasteiger partial charge < -0.3 is 0 Å². The number of aromatic nitrogens is 2. The molecule has 0 unspecified atom stereocenters. The van der Waals surface area contributed by atoms with E-state index in [0.717, 1.165) is 0 Å². The second-order valence-electron chi connectivity index (χ2n) is 2.92. The van der Waals surface area contributed by atoms with E-state index in [1.54, 1.807) is 6.07 Å². The summed E-state index contributed by atoms with van der Waals surface area (Å²) >= 11 is 3.06. The smallest absolute Gasteiger partial charge is 0.213 e. The Morgan fingerprint density at radius 3 is 2.93 bits per heavy atom. The molecule has 0 spiro atoms. The second-order valence-corrected chi connectivity index (χ2v) is 3.48. The lowest BCUT2D eigenvalue weighted by molar-refractivity contribution is 0.102. The molecule has 2 aromatic heterocycles. The minimum Gasteiger partial charge on any atom is -0.293 e. The number of alkyl halides is 1. The van der Waals surface area contributed by atoms with Gasteiger partial charge in [0.1, 0.15) is 5.52 Å². The monoisotopic (exact) mass is 268 g/mol. The predicted molar refractivity (Wildman–Crippen MR) is 57.6 cm³/mol. The van der Waals surface area contributed by atoms with Crippen LogP contribution in [0.25, 0.3) is 11.0 Å². The van der Waals surface area contributed by atoms with Crippen LogP contribution < -0.4 is 0 Å². The Labute approximate surface area is 93.5 Å². The van der Waals surface area contributed by atoms with Gasteiger partial charge in [0.05, 0.1) is 10.8 Å². The van der Waals surface area contributed by atoms with Crippen molar-refractivity contribution in [2.24, 2.45) is 0 Å². The molecule has 2 rings (SSSR count). The van der Waals surface area contributed by atoms with E-state index in [4.69, 9.17) is 0 Å². The summed E-state index contributed by atoms with van der Waals surface area (Å²) in [5.41, 5.74) is 1.21. The maximum absolute atomic E-state index is 12.9. The maximum atomic E-state index is 12.9. The Bertz CT molecular complexity index is 530. The summed E-state index contributed by atoms with van der Waals surface area (Å²) in [6.45, 7) is 0. The molecule has 0 saturated carbocycles. The third kappa shape index (κ3) is 1.87. The van der Waals surface area contributed by atoms with Crippen LogP contribution in [0.15, 0.2) is 24.4 Å². The number of halogens is 2. The molecular weight excluding hydrogens is 263 g/mol. The fourth-order valence-corrected chi connectivity index (χ4v) is 1.60. The van der Waals surface area contributed by atoms with Crippen molar-refractivity contribution in [1.29, 1.82) is 0 Å². The van der Waals surface area contributed by atoms with Crippen LogP contribution in [0.1, 0.15) is 10.4 Å². The van der Waals surface area contributed by atoms with Crippen molar-refractivity contribution in [1.82, 2.24) is 9.97 Å². The number of fused-ring (bicyclic) bond motifs is 1. The van der Waals surface area contributed by atoms with Gasteiger partial charge in [-0.25, -0.2) is 4.98 Å². The molecule has 76 valence electrons. The first-order chi connectivity index (χ1) is 7.22. The first kappa shape index (κ1) is 10.2. The number of Topliss-reactive ketones (excluding diaryl/α,β-unsaturated/α-hetero) is 1. The van der Waals surface area contributed by atoms with Crippen molar-refractivity contribution in [2.75, 3.05) is 5.33 Å². The zero-order chi connectivity index (χ0) is 10.8. The molecule has 0 saturated heterocycles. The molecule has 3 nitrogen and oxygen atoms in total. The Morgan fingerprint density at radius 1 is 1.40 bits per heavy atom. The SMILES string of the molecule is O=C(CBr)c1ccnc2ccc(F)nc12. The second kappa shape index (κ2) is 4.02. The van der Waals surface area contributed by atoms with Crippen LogP contribution in [-0.4, -0.2) is 21.1 Å². The maximum Gasteiger partial charge on any atom is 0.213 e. The van der Waals surface area contributed by atoms with E-state index in [9.17, 15) is 9.18 Å². The summed E-state index contributed by atoms with van der Waals surface area (Å²) < 4.78 is 12.9. The highest BCUT2D eigenvalue weighted by Crippen LogP contribution is 2.15. The Balaban J connectivity index is 2.74. The topological polar surface area (TPSA) is 42.9 Å². The fourth-order valence-electron chi connectivity index (χ4n) is 1.30. The minimum absolute atomic E-state index is 0.138. The number of rotatable bonds is 2. The van der Waals surface area contributed by atoms with Crippen LogP contribution in [0.5, 0.6) is 0 Å². The van der Waals surface area contributed by atoms with Gasteiger partial charge in [0.15, 0.2) is 5.78 Å². The van der Waals surface area contributed by atoms with Gasteiger partial charge in [-0.15, -0.1) is 0 Å². The fraction of sp³-hybridized carbons (Fsp3) is 0.100. The van der Waals surface area contributed by atoms with Gasteiger partial charge in [0, 0.05) is 11.8 Å². The highest BCUT2D eigenvalue weighted by Gasteiger charge is 2.10. The van der Waals surface area contributed by atoms with Gasteiger partial charge in [-0.1, -0.05) is 15.9 Å². The molecule has 0 aliphatic carbocycles. The van der Waals surface area contributed by atoms with Crippen molar-refractivity contribution >= 4 is 32.7 Å². The summed E-state index contributed by atoms with van der Waals surface area (Å²) in [5, 5.41) is 0.185. The first-order valence-corrected chi connectivity index (χ1v) is 5.35. The van der Waals surface area contributed by atoms with Crippen LogP contribution in [0.2, 0.25) is 0 Å².